The molecule has 0 fully saturated rings. The normalized spacial score (nSPS) is 10.2. The highest BCUT2D eigenvalue weighted by molar-refractivity contribution is 9.11. The summed E-state index contributed by atoms with van der Waals surface area (Å²) in [6.45, 7) is 0. The Hall–Kier alpha value is -0.590. The second kappa shape index (κ2) is 6.04. The molecule has 0 saturated carbocycles. The first-order valence-corrected chi connectivity index (χ1v) is 7.40. The summed E-state index contributed by atoms with van der Waals surface area (Å²) in [5, 5.41) is 3.23. The number of pyridine rings is 1. The Morgan fingerprint density at radius 3 is 2.56 bits per heavy atom. The van der Waals surface area contributed by atoms with Crippen LogP contribution in [0.15, 0.2) is 43.9 Å². The van der Waals surface area contributed by atoms with Crippen molar-refractivity contribution in [2.75, 3.05) is 12.4 Å². The topological polar surface area (TPSA) is 34.1 Å². The Balaban J connectivity index is 2.34. The molecular formula is C12H9Br3N2O. The van der Waals surface area contributed by atoms with Gasteiger partial charge in [0.05, 0.1) is 17.3 Å². The molecule has 18 heavy (non-hydrogen) atoms. The maximum atomic E-state index is 5.26. The van der Waals surface area contributed by atoms with E-state index in [9.17, 15) is 0 Å². The van der Waals surface area contributed by atoms with Gasteiger partial charge in [-0.05, 0) is 66.0 Å². The summed E-state index contributed by atoms with van der Waals surface area (Å²) in [5.74, 6) is 1.52. The Bertz CT molecular complexity index is 575. The number of halogens is 3. The minimum atomic E-state index is 0.759. The lowest BCUT2D eigenvalue weighted by Crippen LogP contribution is -1.96. The van der Waals surface area contributed by atoms with E-state index in [0.717, 1.165) is 30.8 Å². The second-order valence-electron chi connectivity index (χ2n) is 3.44. The number of nitrogens with one attached hydrogen (secondary N) is 1. The molecule has 0 amide bonds. The fourth-order valence-electron chi connectivity index (χ4n) is 1.40. The van der Waals surface area contributed by atoms with Crippen LogP contribution in [-0.4, -0.2) is 12.1 Å². The van der Waals surface area contributed by atoms with Crippen molar-refractivity contribution in [3.63, 3.8) is 0 Å². The van der Waals surface area contributed by atoms with Crippen LogP contribution < -0.4 is 10.1 Å². The zero-order chi connectivity index (χ0) is 13.1. The molecule has 1 heterocycles. The van der Waals surface area contributed by atoms with Gasteiger partial charge >= 0.3 is 0 Å². The molecule has 0 saturated heterocycles. The van der Waals surface area contributed by atoms with Gasteiger partial charge in [-0.2, -0.15) is 0 Å². The van der Waals surface area contributed by atoms with Crippen LogP contribution in [0.25, 0.3) is 0 Å². The van der Waals surface area contributed by atoms with Crippen molar-refractivity contribution in [1.29, 1.82) is 0 Å². The fraction of sp³-hybridized carbons (Fsp3) is 0.0833. The minimum Gasteiger partial charge on any atom is -0.495 e. The van der Waals surface area contributed by atoms with E-state index < -0.39 is 0 Å². The summed E-state index contributed by atoms with van der Waals surface area (Å²) in [4.78, 5) is 4.32. The van der Waals surface area contributed by atoms with Crippen LogP contribution >= 0.6 is 47.8 Å². The fourth-order valence-corrected chi connectivity index (χ4v) is 3.00. The van der Waals surface area contributed by atoms with Gasteiger partial charge in [0.1, 0.15) is 16.2 Å². The molecule has 1 aromatic carbocycles. The monoisotopic (exact) mass is 434 g/mol. The highest BCUT2D eigenvalue weighted by Crippen LogP contribution is 2.35. The number of rotatable bonds is 3. The van der Waals surface area contributed by atoms with Gasteiger partial charge in [-0.1, -0.05) is 6.07 Å². The number of nitrogens with zero attached hydrogens (tertiary/aromatic N) is 1. The number of methoxy groups -OCH3 is 1. The van der Waals surface area contributed by atoms with Crippen LogP contribution in [0.4, 0.5) is 11.5 Å². The van der Waals surface area contributed by atoms with Gasteiger partial charge in [0.25, 0.3) is 0 Å². The van der Waals surface area contributed by atoms with E-state index in [4.69, 9.17) is 4.74 Å². The lowest BCUT2D eigenvalue weighted by molar-refractivity contribution is 0.412. The van der Waals surface area contributed by atoms with Crippen LogP contribution in [0.3, 0.4) is 0 Å². The molecule has 1 N–H and O–H groups in total. The molecule has 0 aliphatic rings. The standard InChI is InChI=1S/C12H9Br3N2O/c1-18-10-6-9(7(13)5-8(10)14)16-12-4-2-3-11(15)17-12/h2-6H,1H3,(H,16,17). The molecule has 6 heteroatoms. The average Bonchev–Trinajstić information content (AvgIpc) is 2.33. The van der Waals surface area contributed by atoms with Crippen LogP contribution in [0.2, 0.25) is 0 Å². The number of benzene rings is 1. The summed E-state index contributed by atoms with van der Waals surface area (Å²) in [7, 11) is 1.63. The largest absolute Gasteiger partial charge is 0.495 e. The van der Waals surface area contributed by atoms with E-state index in [1.165, 1.54) is 0 Å². The molecule has 94 valence electrons. The van der Waals surface area contributed by atoms with Crippen LogP contribution in [0, 0.1) is 0 Å². The van der Waals surface area contributed by atoms with E-state index in [1.807, 2.05) is 30.3 Å². The molecule has 0 spiro atoms. The molecule has 0 radical (unpaired) electrons. The van der Waals surface area contributed by atoms with Crippen molar-refractivity contribution in [3.8, 4) is 5.75 Å². The van der Waals surface area contributed by atoms with Gasteiger partial charge in [0.2, 0.25) is 0 Å². The molecule has 0 atom stereocenters. The second-order valence-corrected chi connectivity index (χ2v) is 5.96. The Morgan fingerprint density at radius 1 is 1.11 bits per heavy atom. The molecule has 2 rings (SSSR count). The molecule has 0 bridgehead atoms. The van der Waals surface area contributed by atoms with Gasteiger partial charge in [-0.3, -0.25) is 0 Å². The van der Waals surface area contributed by atoms with Crippen molar-refractivity contribution in [3.05, 3.63) is 43.9 Å². The van der Waals surface area contributed by atoms with Crippen molar-refractivity contribution in [2.45, 2.75) is 0 Å². The average molecular weight is 437 g/mol. The molecule has 0 aliphatic heterocycles. The van der Waals surface area contributed by atoms with Crippen LogP contribution in [0.1, 0.15) is 0 Å². The summed E-state index contributed by atoms with van der Waals surface area (Å²) in [5.41, 5.74) is 0.889. The smallest absolute Gasteiger partial charge is 0.135 e. The van der Waals surface area contributed by atoms with Crippen molar-refractivity contribution in [1.82, 2.24) is 4.98 Å². The van der Waals surface area contributed by atoms with Gasteiger partial charge in [-0.25, -0.2) is 4.98 Å². The third-order valence-electron chi connectivity index (χ3n) is 2.22. The maximum Gasteiger partial charge on any atom is 0.135 e. The van der Waals surface area contributed by atoms with E-state index >= 15 is 0 Å². The predicted molar refractivity (Wildman–Crippen MR) is 83.6 cm³/mol. The number of anilines is 2. The Kier molecular flexibility index (Phi) is 4.64. The van der Waals surface area contributed by atoms with E-state index in [1.54, 1.807) is 7.11 Å². The Morgan fingerprint density at radius 2 is 1.89 bits per heavy atom. The third-order valence-corrected chi connectivity index (χ3v) is 3.94. The highest BCUT2D eigenvalue weighted by atomic mass is 79.9. The molecule has 0 aliphatic carbocycles. The van der Waals surface area contributed by atoms with Crippen molar-refractivity contribution in [2.24, 2.45) is 0 Å². The molecule has 0 unspecified atom stereocenters. The first kappa shape index (κ1) is 13.8. The van der Waals surface area contributed by atoms with E-state index in [-0.39, 0.29) is 0 Å². The molecule has 2 aromatic rings. The lowest BCUT2D eigenvalue weighted by atomic mass is 10.3. The summed E-state index contributed by atoms with van der Waals surface area (Å²) < 4.78 is 7.87. The van der Waals surface area contributed by atoms with Crippen LogP contribution in [0.5, 0.6) is 5.75 Å². The summed E-state index contributed by atoms with van der Waals surface area (Å²) >= 11 is 10.3. The molecule has 3 nitrogen and oxygen atoms in total. The quantitative estimate of drug-likeness (QED) is 0.678. The lowest BCUT2D eigenvalue weighted by Gasteiger charge is -2.11. The van der Waals surface area contributed by atoms with Gasteiger partial charge < -0.3 is 10.1 Å². The number of hydrogen-bond acceptors (Lipinski definition) is 3. The van der Waals surface area contributed by atoms with Crippen LogP contribution in [-0.2, 0) is 0 Å². The number of ether oxygens (including phenoxy) is 1. The van der Waals surface area contributed by atoms with Crippen molar-refractivity contribution >= 4 is 59.3 Å². The SMILES string of the molecule is COc1cc(Nc2cccc(Br)n2)c(Br)cc1Br. The Labute approximate surface area is 130 Å². The summed E-state index contributed by atoms with van der Waals surface area (Å²) in [6, 6.07) is 9.52. The zero-order valence-corrected chi connectivity index (χ0v) is 14.1. The highest BCUT2D eigenvalue weighted by Gasteiger charge is 2.08. The maximum absolute atomic E-state index is 5.26. The molecular weight excluding hydrogens is 428 g/mol. The zero-order valence-electron chi connectivity index (χ0n) is 9.38. The first-order valence-electron chi connectivity index (χ1n) is 5.03. The van der Waals surface area contributed by atoms with Gasteiger partial charge in [-0.15, -0.1) is 0 Å². The predicted octanol–water partition coefficient (Wildman–Crippen LogP) is 5.12. The summed E-state index contributed by atoms with van der Waals surface area (Å²) in [6.07, 6.45) is 0. The molecule has 1 aromatic heterocycles. The minimum absolute atomic E-state index is 0.759. The van der Waals surface area contributed by atoms with Gasteiger partial charge in [0.15, 0.2) is 0 Å². The van der Waals surface area contributed by atoms with E-state index in [2.05, 4.69) is 58.1 Å². The number of aromatic nitrogens is 1. The van der Waals surface area contributed by atoms with Gasteiger partial charge in [0, 0.05) is 10.5 Å². The number of hydrogen-bond donors (Lipinski definition) is 1. The van der Waals surface area contributed by atoms with Crippen molar-refractivity contribution < 1.29 is 4.74 Å². The first-order chi connectivity index (χ1) is 8.60. The van der Waals surface area contributed by atoms with E-state index in [0.29, 0.717) is 0 Å². The third kappa shape index (κ3) is 3.24.